The van der Waals surface area contributed by atoms with Gasteiger partial charge in [-0.1, -0.05) is 48.5 Å². The summed E-state index contributed by atoms with van der Waals surface area (Å²) in [4.78, 5) is 4.38. The van der Waals surface area contributed by atoms with Gasteiger partial charge in [-0.3, -0.25) is 4.21 Å². The van der Waals surface area contributed by atoms with E-state index in [2.05, 4.69) is 17.1 Å². The smallest absolute Gasteiger partial charge is 0.146 e. The molecule has 0 bridgehead atoms. The van der Waals surface area contributed by atoms with Crippen LogP contribution in [-0.2, 0) is 16.6 Å². The van der Waals surface area contributed by atoms with Crippen molar-refractivity contribution in [1.82, 2.24) is 4.98 Å². The Kier molecular flexibility index (Phi) is 5.22. The van der Waals surface area contributed by atoms with E-state index in [1.165, 1.54) is 0 Å². The summed E-state index contributed by atoms with van der Waals surface area (Å²) in [6, 6.07) is 22.7. The molecule has 4 nitrogen and oxygen atoms in total. The average molecular weight is 357 g/mol. The molecule has 0 aliphatic rings. The molecule has 1 unspecified atom stereocenters. The van der Waals surface area contributed by atoms with Crippen molar-refractivity contribution >= 4 is 10.8 Å². The van der Waals surface area contributed by atoms with E-state index in [0.29, 0.717) is 22.4 Å². The summed E-state index contributed by atoms with van der Waals surface area (Å²) in [5.41, 5.74) is 3.77. The van der Waals surface area contributed by atoms with Crippen LogP contribution in [0.25, 0.3) is 11.1 Å². The summed E-state index contributed by atoms with van der Waals surface area (Å²) in [5.74, 6) is 0.142. The minimum atomic E-state index is -1.54. The molecule has 2 aromatic carbocycles. The van der Waals surface area contributed by atoms with E-state index in [1.807, 2.05) is 43.3 Å². The van der Waals surface area contributed by atoms with Crippen LogP contribution in [-0.4, -0.2) is 9.19 Å². The van der Waals surface area contributed by atoms with Gasteiger partial charge in [-0.05, 0) is 30.2 Å². The molecule has 0 N–H and O–H groups in total. The Morgan fingerprint density at radius 2 is 1.69 bits per heavy atom. The van der Waals surface area contributed by atoms with Gasteiger partial charge in [0.2, 0.25) is 0 Å². The molecule has 0 aliphatic heterocycles. The van der Waals surface area contributed by atoms with Crippen molar-refractivity contribution in [3.05, 3.63) is 83.0 Å². The largest absolute Gasteiger partial charge is 0.252 e. The van der Waals surface area contributed by atoms with Gasteiger partial charge in [0.1, 0.15) is 11.1 Å². The Labute approximate surface area is 154 Å². The Morgan fingerprint density at radius 1 is 1.00 bits per heavy atom. The first kappa shape index (κ1) is 17.5. The molecule has 3 aromatic rings. The van der Waals surface area contributed by atoms with Gasteiger partial charge in [0.15, 0.2) is 0 Å². The molecule has 0 fully saturated rings. The Balaban J connectivity index is 2.08. The van der Waals surface area contributed by atoms with Crippen LogP contribution in [0.1, 0.15) is 22.4 Å². The number of rotatable bonds is 4. The maximum Gasteiger partial charge on any atom is 0.146 e. The highest BCUT2D eigenvalue weighted by Crippen LogP contribution is 2.28. The van der Waals surface area contributed by atoms with Crippen LogP contribution in [0.5, 0.6) is 0 Å². The summed E-state index contributed by atoms with van der Waals surface area (Å²) in [5, 5.41) is 19.2. The first-order chi connectivity index (χ1) is 12.6. The second-order valence-corrected chi connectivity index (χ2v) is 7.09. The Morgan fingerprint density at radius 3 is 2.38 bits per heavy atom. The normalized spacial score (nSPS) is 11.3. The Hall–Kier alpha value is -3.28. The van der Waals surface area contributed by atoms with Crippen molar-refractivity contribution in [2.45, 2.75) is 17.7 Å². The number of pyridine rings is 1. The highest BCUT2D eigenvalue weighted by molar-refractivity contribution is 7.84. The van der Waals surface area contributed by atoms with E-state index in [1.54, 1.807) is 24.3 Å². The SMILES string of the molecule is Cc1cc(-c2ccccc2)c(C#N)c(S(=O)Cc2ccccc2C#N)n1. The summed E-state index contributed by atoms with van der Waals surface area (Å²) < 4.78 is 13.0. The molecule has 1 aromatic heterocycles. The van der Waals surface area contributed by atoms with Crippen LogP contribution in [0.4, 0.5) is 0 Å². The highest BCUT2D eigenvalue weighted by atomic mass is 32.2. The highest BCUT2D eigenvalue weighted by Gasteiger charge is 2.19. The third-order valence-electron chi connectivity index (χ3n) is 3.95. The summed E-state index contributed by atoms with van der Waals surface area (Å²) in [7, 11) is -1.54. The lowest BCUT2D eigenvalue weighted by Gasteiger charge is -2.11. The maximum atomic E-state index is 13.0. The maximum absolute atomic E-state index is 13.0. The fourth-order valence-electron chi connectivity index (χ4n) is 2.73. The number of hydrogen-bond donors (Lipinski definition) is 0. The topological polar surface area (TPSA) is 77.5 Å². The number of hydrogen-bond acceptors (Lipinski definition) is 4. The van der Waals surface area contributed by atoms with E-state index in [-0.39, 0.29) is 10.8 Å². The molecular formula is C21H15N3OS. The summed E-state index contributed by atoms with van der Waals surface area (Å²) >= 11 is 0. The fourth-order valence-corrected chi connectivity index (χ4v) is 4.03. The number of nitrogens with zero attached hydrogens (tertiary/aromatic N) is 3. The monoisotopic (exact) mass is 357 g/mol. The molecular weight excluding hydrogens is 342 g/mol. The zero-order valence-corrected chi connectivity index (χ0v) is 15.0. The van der Waals surface area contributed by atoms with Gasteiger partial charge >= 0.3 is 0 Å². The van der Waals surface area contributed by atoms with Gasteiger partial charge < -0.3 is 0 Å². The van der Waals surface area contributed by atoms with Crippen molar-refractivity contribution in [3.8, 4) is 23.3 Å². The molecule has 126 valence electrons. The molecule has 0 radical (unpaired) electrons. The predicted octanol–water partition coefficient (Wildman–Crippen LogP) is 4.11. The molecule has 3 rings (SSSR count). The molecule has 0 saturated carbocycles. The van der Waals surface area contributed by atoms with Crippen LogP contribution in [0.15, 0.2) is 65.7 Å². The zero-order chi connectivity index (χ0) is 18.5. The van der Waals surface area contributed by atoms with Crippen LogP contribution in [0.2, 0.25) is 0 Å². The third kappa shape index (κ3) is 3.54. The third-order valence-corrected chi connectivity index (χ3v) is 5.25. The van der Waals surface area contributed by atoms with Crippen LogP contribution in [0.3, 0.4) is 0 Å². The van der Waals surface area contributed by atoms with Crippen LogP contribution >= 0.6 is 0 Å². The molecule has 0 amide bonds. The van der Waals surface area contributed by atoms with Crippen LogP contribution < -0.4 is 0 Å². The predicted molar refractivity (Wildman–Crippen MR) is 100 cm³/mol. The molecule has 5 heteroatoms. The quantitative estimate of drug-likeness (QED) is 0.704. The molecule has 26 heavy (non-hydrogen) atoms. The van der Waals surface area contributed by atoms with Gasteiger partial charge in [0.25, 0.3) is 0 Å². The number of nitriles is 2. The standard InChI is InChI=1S/C21H15N3OS/c1-15-11-19(16-7-3-2-4-8-16)20(13-23)21(24-15)26(25)14-18-10-6-5-9-17(18)12-22/h2-11H,14H2,1H3. The summed E-state index contributed by atoms with van der Waals surface area (Å²) in [6.45, 7) is 1.82. The van der Waals surface area contributed by atoms with Crippen molar-refractivity contribution < 1.29 is 4.21 Å². The summed E-state index contributed by atoms with van der Waals surface area (Å²) in [6.07, 6.45) is 0. The van der Waals surface area contributed by atoms with Crippen molar-refractivity contribution in [2.24, 2.45) is 0 Å². The van der Waals surface area contributed by atoms with E-state index < -0.39 is 10.8 Å². The second kappa shape index (κ2) is 7.74. The minimum Gasteiger partial charge on any atom is -0.252 e. The fraction of sp³-hybridized carbons (Fsp3) is 0.0952. The first-order valence-electron chi connectivity index (χ1n) is 7.97. The van der Waals surface area contributed by atoms with Gasteiger partial charge in [0, 0.05) is 11.3 Å². The lowest BCUT2D eigenvalue weighted by Crippen LogP contribution is -2.06. The van der Waals surface area contributed by atoms with Gasteiger partial charge in [-0.15, -0.1) is 0 Å². The minimum absolute atomic E-state index is 0.142. The molecule has 1 heterocycles. The van der Waals surface area contributed by atoms with Crippen molar-refractivity contribution in [2.75, 3.05) is 0 Å². The molecule has 0 saturated heterocycles. The first-order valence-corrected chi connectivity index (χ1v) is 9.29. The van der Waals surface area contributed by atoms with Gasteiger partial charge in [-0.25, -0.2) is 4.98 Å². The second-order valence-electron chi connectivity index (χ2n) is 5.73. The average Bonchev–Trinajstić information content (AvgIpc) is 2.68. The number of aromatic nitrogens is 1. The number of benzene rings is 2. The van der Waals surface area contributed by atoms with Gasteiger partial charge in [-0.2, -0.15) is 10.5 Å². The van der Waals surface area contributed by atoms with E-state index >= 15 is 0 Å². The zero-order valence-electron chi connectivity index (χ0n) is 14.1. The van der Waals surface area contributed by atoms with Crippen LogP contribution in [0, 0.1) is 29.6 Å². The van der Waals surface area contributed by atoms with E-state index in [4.69, 9.17) is 0 Å². The molecule has 0 spiro atoms. The van der Waals surface area contributed by atoms with Crippen molar-refractivity contribution in [1.29, 1.82) is 10.5 Å². The molecule has 1 atom stereocenters. The van der Waals surface area contributed by atoms with Gasteiger partial charge in [0.05, 0.1) is 33.7 Å². The van der Waals surface area contributed by atoms with Crippen molar-refractivity contribution in [3.63, 3.8) is 0 Å². The van der Waals surface area contributed by atoms with E-state index in [0.717, 1.165) is 11.1 Å². The lowest BCUT2D eigenvalue weighted by atomic mass is 10.0. The number of aryl methyl sites for hydroxylation is 1. The molecule has 0 aliphatic carbocycles. The lowest BCUT2D eigenvalue weighted by molar-refractivity contribution is 0.679. The van der Waals surface area contributed by atoms with E-state index in [9.17, 15) is 14.7 Å². The Bertz CT molecular complexity index is 1060.